The molecule has 2 aromatic carbocycles. The number of hydrogen-bond acceptors (Lipinski definition) is 5. The Hall–Kier alpha value is -4.71. The van der Waals surface area contributed by atoms with E-state index in [1.54, 1.807) is 31.2 Å². The molecule has 0 atom stereocenters. The molecule has 9 heteroatoms. The fourth-order valence-electron chi connectivity index (χ4n) is 3.77. The highest BCUT2D eigenvalue weighted by molar-refractivity contribution is 5.82. The second-order valence-electron chi connectivity index (χ2n) is 7.22. The van der Waals surface area contributed by atoms with Crippen LogP contribution in [0.15, 0.2) is 58.1 Å². The number of benzene rings is 2. The van der Waals surface area contributed by atoms with Crippen molar-refractivity contribution in [3.8, 4) is 17.6 Å². The number of nitrogens with one attached hydrogen (secondary N) is 1. The number of aromatic nitrogens is 4. The van der Waals surface area contributed by atoms with Gasteiger partial charge in [0.05, 0.1) is 22.3 Å². The highest BCUT2D eigenvalue weighted by Crippen LogP contribution is 2.20. The number of imidazole rings is 1. The number of nitriles is 1. The van der Waals surface area contributed by atoms with Crippen molar-refractivity contribution in [1.82, 2.24) is 19.2 Å². The number of aromatic amines is 1. The van der Waals surface area contributed by atoms with Crippen LogP contribution < -0.4 is 16.3 Å². The Kier molecular flexibility index (Phi) is 4.17. The number of aromatic hydroxyl groups is 1. The number of para-hydroxylation sites is 2. The van der Waals surface area contributed by atoms with E-state index < -0.39 is 22.8 Å². The first-order valence-corrected chi connectivity index (χ1v) is 9.56. The highest BCUT2D eigenvalue weighted by atomic mass is 19.1. The van der Waals surface area contributed by atoms with E-state index in [1.807, 2.05) is 0 Å². The first-order chi connectivity index (χ1) is 15.4. The molecule has 32 heavy (non-hydrogen) atoms. The zero-order chi connectivity index (χ0) is 22.6. The number of fused-ring (bicyclic) bond motifs is 3. The van der Waals surface area contributed by atoms with Crippen molar-refractivity contribution >= 4 is 22.8 Å². The molecule has 3 aromatic heterocycles. The minimum absolute atomic E-state index is 0.0786. The van der Waals surface area contributed by atoms with E-state index in [4.69, 9.17) is 0 Å². The molecule has 0 spiro atoms. The van der Waals surface area contributed by atoms with E-state index >= 15 is 0 Å². The van der Waals surface area contributed by atoms with Gasteiger partial charge in [-0.05, 0) is 55.0 Å². The monoisotopic (exact) mass is 427 g/mol. The maximum absolute atomic E-state index is 13.4. The van der Waals surface area contributed by atoms with Gasteiger partial charge in [-0.15, -0.1) is 0 Å². The van der Waals surface area contributed by atoms with Crippen LogP contribution in [0.25, 0.3) is 28.4 Å². The van der Waals surface area contributed by atoms with Crippen molar-refractivity contribution in [2.75, 3.05) is 0 Å². The van der Waals surface area contributed by atoms with Gasteiger partial charge in [-0.2, -0.15) is 5.26 Å². The highest BCUT2D eigenvalue weighted by Gasteiger charge is 2.18. The van der Waals surface area contributed by atoms with Crippen LogP contribution in [0, 0.1) is 24.1 Å². The summed E-state index contributed by atoms with van der Waals surface area (Å²) in [5.41, 5.74) is 0.889. The molecule has 0 saturated carbocycles. The number of halogens is 1. The van der Waals surface area contributed by atoms with E-state index in [0.717, 1.165) is 4.68 Å². The summed E-state index contributed by atoms with van der Waals surface area (Å²) in [7, 11) is 0. The summed E-state index contributed by atoms with van der Waals surface area (Å²) in [6.07, 6.45) is 1.25. The zero-order valence-corrected chi connectivity index (χ0v) is 16.6. The molecule has 0 saturated heterocycles. The summed E-state index contributed by atoms with van der Waals surface area (Å²) >= 11 is 0. The zero-order valence-electron chi connectivity index (χ0n) is 16.6. The molecule has 5 rings (SSSR count). The number of pyridine rings is 1. The van der Waals surface area contributed by atoms with Crippen molar-refractivity contribution in [2.24, 2.45) is 0 Å². The Morgan fingerprint density at radius 2 is 1.88 bits per heavy atom. The molecule has 0 aliphatic rings. The molecule has 0 unspecified atom stereocenters. The first kappa shape index (κ1) is 19.3. The average molecular weight is 427 g/mol. The number of hydrogen-bond donors (Lipinski definition) is 2. The van der Waals surface area contributed by atoms with Gasteiger partial charge in [-0.25, -0.2) is 14.1 Å². The molecule has 5 aromatic rings. The van der Waals surface area contributed by atoms with E-state index in [0.29, 0.717) is 22.3 Å². The SMILES string of the molecule is Cc1c(C#N)c2nc3ccccc3n2c(=O)c1=Cc1c(O)n(-c2ccc(F)cc2)[nH]c1=O. The molecule has 0 amide bonds. The molecule has 156 valence electrons. The Balaban J connectivity index is 1.85. The Morgan fingerprint density at radius 3 is 2.59 bits per heavy atom. The van der Waals surface area contributed by atoms with Gasteiger partial charge < -0.3 is 5.11 Å². The predicted molar refractivity (Wildman–Crippen MR) is 115 cm³/mol. The van der Waals surface area contributed by atoms with Crippen molar-refractivity contribution in [1.29, 1.82) is 5.26 Å². The maximum atomic E-state index is 13.4. The summed E-state index contributed by atoms with van der Waals surface area (Å²) in [5, 5.41) is 23.0. The van der Waals surface area contributed by atoms with Crippen LogP contribution in [0.1, 0.15) is 16.7 Å². The van der Waals surface area contributed by atoms with Crippen LogP contribution in [-0.4, -0.2) is 24.3 Å². The minimum Gasteiger partial charge on any atom is -0.493 e. The lowest BCUT2D eigenvalue weighted by Crippen LogP contribution is -2.34. The van der Waals surface area contributed by atoms with Crippen molar-refractivity contribution in [3.05, 3.63) is 97.0 Å². The van der Waals surface area contributed by atoms with Crippen LogP contribution >= 0.6 is 0 Å². The lowest BCUT2D eigenvalue weighted by molar-refractivity contribution is 0.432. The van der Waals surface area contributed by atoms with Gasteiger partial charge in [0.25, 0.3) is 11.1 Å². The maximum Gasteiger partial charge on any atom is 0.275 e. The van der Waals surface area contributed by atoms with Crippen molar-refractivity contribution in [3.63, 3.8) is 0 Å². The smallest absolute Gasteiger partial charge is 0.275 e. The largest absolute Gasteiger partial charge is 0.493 e. The summed E-state index contributed by atoms with van der Waals surface area (Å²) in [5.74, 6) is -0.916. The van der Waals surface area contributed by atoms with Gasteiger partial charge in [0.15, 0.2) is 5.65 Å². The van der Waals surface area contributed by atoms with Gasteiger partial charge in [0, 0.05) is 5.22 Å². The second kappa shape index (κ2) is 6.92. The van der Waals surface area contributed by atoms with Crippen LogP contribution in [0.4, 0.5) is 4.39 Å². The lowest BCUT2D eigenvalue weighted by atomic mass is 10.1. The van der Waals surface area contributed by atoms with Gasteiger partial charge in [0.2, 0.25) is 5.88 Å². The van der Waals surface area contributed by atoms with Gasteiger partial charge in [0.1, 0.15) is 17.4 Å². The number of nitrogens with zero attached hydrogens (tertiary/aromatic N) is 4. The third kappa shape index (κ3) is 2.70. The summed E-state index contributed by atoms with van der Waals surface area (Å²) in [6, 6.07) is 14.2. The molecule has 0 fully saturated rings. The molecular formula is C23H14FN5O3. The summed E-state index contributed by atoms with van der Waals surface area (Å²) in [4.78, 5) is 30.4. The van der Waals surface area contributed by atoms with Gasteiger partial charge >= 0.3 is 0 Å². The molecule has 0 aliphatic heterocycles. The fourth-order valence-corrected chi connectivity index (χ4v) is 3.77. The second-order valence-corrected chi connectivity index (χ2v) is 7.22. The lowest BCUT2D eigenvalue weighted by Gasteiger charge is -2.04. The van der Waals surface area contributed by atoms with Crippen molar-refractivity contribution < 1.29 is 9.50 Å². The molecule has 2 N–H and O–H groups in total. The third-order valence-electron chi connectivity index (χ3n) is 5.39. The minimum atomic E-state index is -0.653. The molecule has 0 aliphatic carbocycles. The molecule has 0 radical (unpaired) electrons. The van der Waals surface area contributed by atoms with Crippen LogP contribution in [0.2, 0.25) is 0 Å². The van der Waals surface area contributed by atoms with E-state index in [-0.39, 0.29) is 22.0 Å². The third-order valence-corrected chi connectivity index (χ3v) is 5.39. The summed E-state index contributed by atoms with van der Waals surface area (Å²) < 4.78 is 15.6. The predicted octanol–water partition coefficient (Wildman–Crippen LogP) is 1.90. The quantitative estimate of drug-likeness (QED) is 0.446. The average Bonchev–Trinajstić information content (AvgIpc) is 3.30. The standard InChI is InChI=1S/C23H14FN5O3/c1-12-15(10-16-21(30)27-29(23(16)32)14-8-6-13(24)7-9-14)22(31)28-19-5-3-2-4-18(19)26-20(28)17(12)11-25/h2-10,32H,1H3,(H,27,30). The van der Waals surface area contributed by atoms with Crippen molar-refractivity contribution in [2.45, 2.75) is 6.92 Å². The Morgan fingerprint density at radius 1 is 1.16 bits per heavy atom. The number of rotatable bonds is 2. The van der Waals surface area contributed by atoms with Crippen LogP contribution in [0.3, 0.4) is 0 Å². The first-order valence-electron chi connectivity index (χ1n) is 9.56. The molecule has 0 bridgehead atoms. The van der Waals surface area contributed by atoms with Crippen LogP contribution in [0.5, 0.6) is 5.88 Å². The Labute approximate surface area is 178 Å². The van der Waals surface area contributed by atoms with E-state index in [1.165, 1.54) is 34.7 Å². The topological polar surface area (TPSA) is 116 Å². The molecule has 8 nitrogen and oxygen atoms in total. The summed E-state index contributed by atoms with van der Waals surface area (Å²) in [6.45, 7) is 1.59. The molecular weight excluding hydrogens is 413 g/mol. The fraction of sp³-hybridized carbons (Fsp3) is 0.0435. The van der Waals surface area contributed by atoms with E-state index in [2.05, 4.69) is 16.2 Å². The van der Waals surface area contributed by atoms with Gasteiger partial charge in [-0.3, -0.25) is 19.1 Å². The van der Waals surface area contributed by atoms with E-state index in [9.17, 15) is 24.3 Å². The molecule has 3 heterocycles. The Bertz CT molecular complexity index is 1760. The van der Waals surface area contributed by atoms with Crippen LogP contribution in [-0.2, 0) is 0 Å². The normalized spacial score (nSPS) is 12.0. The number of H-pyrrole nitrogens is 1. The van der Waals surface area contributed by atoms with Gasteiger partial charge in [-0.1, -0.05) is 12.1 Å².